The van der Waals surface area contributed by atoms with Gasteiger partial charge < -0.3 is 10.1 Å². The lowest BCUT2D eigenvalue weighted by atomic mass is 10.2. The number of anilines is 2. The molecule has 0 heterocycles. The van der Waals surface area contributed by atoms with Crippen LogP contribution >= 0.6 is 0 Å². The molecule has 0 spiro atoms. The summed E-state index contributed by atoms with van der Waals surface area (Å²) < 4.78 is 32.2. The third-order valence-electron chi connectivity index (χ3n) is 4.64. The van der Waals surface area contributed by atoms with E-state index in [1.54, 1.807) is 55.5 Å². The van der Waals surface area contributed by atoms with Crippen molar-refractivity contribution >= 4 is 33.5 Å². The van der Waals surface area contributed by atoms with Gasteiger partial charge in [-0.05, 0) is 61.9 Å². The number of ether oxygens (including phenoxy) is 1. The molecule has 0 aromatic heterocycles. The molecule has 0 saturated carbocycles. The first-order valence-electron chi connectivity index (χ1n) is 9.66. The fraction of sp³-hybridized carbons (Fsp3) is 0.130. The van der Waals surface area contributed by atoms with E-state index in [1.165, 1.54) is 31.4 Å². The van der Waals surface area contributed by atoms with Crippen molar-refractivity contribution in [2.75, 3.05) is 16.7 Å². The van der Waals surface area contributed by atoms with Crippen LogP contribution in [0.1, 0.15) is 11.1 Å². The number of nitrogens with one attached hydrogen (secondary N) is 2. The third kappa shape index (κ3) is 5.06. The van der Waals surface area contributed by atoms with Crippen LogP contribution in [0.25, 0.3) is 0 Å². The molecule has 0 saturated heterocycles. The SMILES string of the molecule is COc1ccc(NC(=O)NC(=O)N(c2ccccc2)S(=O)(=O)c2ccc(C)cc2)c(C)c1. The number of benzene rings is 3. The Bertz CT molecular complexity index is 1230. The van der Waals surface area contributed by atoms with Gasteiger partial charge in [-0.15, -0.1) is 0 Å². The number of carbonyl (C=O) groups is 2. The number of aryl methyl sites for hydroxylation is 2. The molecule has 0 aliphatic carbocycles. The second-order valence-corrected chi connectivity index (χ2v) is 8.77. The second-order valence-electron chi connectivity index (χ2n) is 6.98. The van der Waals surface area contributed by atoms with Crippen LogP contribution in [0.5, 0.6) is 5.75 Å². The first kappa shape index (κ1) is 22.8. The molecule has 4 amide bonds. The Labute approximate surface area is 186 Å². The van der Waals surface area contributed by atoms with Crippen molar-refractivity contribution in [3.63, 3.8) is 0 Å². The number of hydrogen-bond acceptors (Lipinski definition) is 5. The molecule has 9 heteroatoms. The maximum Gasteiger partial charge on any atom is 0.344 e. The summed E-state index contributed by atoms with van der Waals surface area (Å²) in [6.45, 7) is 3.58. The van der Waals surface area contributed by atoms with Crippen LogP contribution in [0.2, 0.25) is 0 Å². The monoisotopic (exact) mass is 453 g/mol. The first-order valence-corrected chi connectivity index (χ1v) is 11.1. The van der Waals surface area contributed by atoms with Crippen molar-refractivity contribution in [1.29, 1.82) is 0 Å². The summed E-state index contributed by atoms with van der Waals surface area (Å²) in [4.78, 5) is 25.4. The van der Waals surface area contributed by atoms with Crippen LogP contribution in [0, 0.1) is 13.8 Å². The highest BCUT2D eigenvalue weighted by atomic mass is 32.2. The molecule has 0 atom stereocenters. The topological polar surface area (TPSA) is 105 Å². The molecule has 0 aliphatic rings. The van der Waals surface area contributed by atoms with Gasteiger partial charge in [0.1, 0.15) is 5.75 Å². The Morgan fingerprint density at radius 3 is 2.16 bits per heavy atom. The summed E-state index contributed by atoms with van der Waals surface area (Å²) >= 11 is 0. The number of para-hydroxylation sites is 1. The molecule has 0 fully saturated rings. The van der Waals surface area contributed by atoms with Crippen molar-refractivity contribution in [1.82, 2.24) is 5.32 Å². The summed E-state index contributed by atoms with van der Waals surface area (Å²) in [5, 5.41) is 4.65. The third-order valence-corrected chi connectivity index (χ3v) is 6.36. The standard InChI is InChI=1S/C23H23N3O5S/c1-16-9-12-20(13-10-16)32(29,30)26(18-7-5-4-6-8-18)23(28)25-22(27)24-21-14-11-19(31-3)15-17(21)2/h4-15H,1-3H3,(H2,24,25,27,28). The first-order chi connectivity index (χ1) is 15.2. The molecule has 166 valence electrons. The Kier molecular flexibility index (Phi) is 6.79. The number of nitrogens with zero attached hydrogens (tertiary/aromatic N) is 1. The zero-order chi connectivity index (χ0) is 23.3. The van der Waals surface area contributed by atoms with Gasteiger partial charge in [-0.25, -0.2) is 18.0 Å². The molecule has 2 N–H and O–H groups in total. The van der Waals surface area contributed by atoms with Crippen molar-refractivity contribution in [3.05, 3.63) is 83.9 Å². The number of amides is 4. The van der Waals surface area contributed by atoms with Gasteiger partial charge in [0.25, 0.3) is 10.0 Å². The molecule has 3 aromatic rings. The Morgan fingerprint density at radius 1 is 0.906 bits per heavy atom. The largest absolute Gasteiger partial charge is 0.497 e. The maximum absolute atomic E-state index is 13.3. The fourth-order valence-corrected chi connectivity index (χ4v) is 4.30. The molecule has 0 unspecified atom stereocenters. The van der Waals surface area contributed by atoms with Gasteiger partial charge in [0.2, 0.25) is 0 Å². The Hall–Kier alpha value is -3.85. The van der Waals surface area contributed by atoms with Gasteiger partial charge in [-0.2, -0.15) is 4.31 Å². The van der Waals surface area contributed by atoms with Crippen LogP contribution in [0.3, 0.4) is 0 Å². The van der Waals surface area contributed by atoms with Crippen LogP contribution in [0.15, 0.2) is 77.7 Å². The molecular weight excluding hydrogens is 430 g/mol. The molecule has 3 rings (SSSR count). The minimum Gasteiger partial charge on any atom is -0.497 e. The van der Waals surface area contributed by atoms with Gasteiger partial charge in [0.15, 0.2) is 0 Å². The molecule has 0 aliphatic heterocycles. The van der Waals surface area contributed by atoms with E-state index in [0.717, 1.165) is 5.56 Å². The number of carbonyl (C=O) groups excluding carboxylic acids is 2. The zero-order valence-electron chi connectivity index (χ0n) is 17.8. The lowest BCUT2D eigenvalue weighted by molar-refractivity contribution is 0.238. The average Bonchev–Trinajstić information content (AvgIpc) is 2.76. The maximum atomic E-state index is 13.3. The zero-order valence-corrected chi connectivity index (χ0v) is 18.6. The van der Waals surface area contributed by atoms with Crippen molar-refractivity contribution < 1.29 is 22.7 Å². The lowest BCUT2D eigenvalue weighted by Gasteiger charge is -2.23. The number of methoxy groups -OCH3 is 1. The quantitative estimate of drug-likeness (QED) is 0.594. The molecule has 8 nitrogen and oxygen atoms in total. The van der Waals surface area contributed by atoms with Crippen LogP contribution in [-0.2, 0) is 10.0 Å². The summed E-state index contributed by atoms with van der Waals surface area (Å²) in [7, 11) is -2.75. The van der Waals surface area contributed by atoms with E-state index in [-0.39, 0.29) is 10.6 Å². The summed E-state index contributed by atoms with van der Waals surface area (Å²) in [6, 6.07) is 16.9. The fourth-order valence-electron chi connectivity index (χ4n) is 2.95. The number of rotatable bonds is 5. The predicted molar refractivity (Wildman–Crippen MR) is 123 cm³/mol. The predicted octanol–water partition coefficient (Wildman–Crippen LogP) is 4.45. The van der Waals surface area contributed by atoms with E-state index >= 15 is 0 Å². The molecular formula is C23H23N3O5S. The number of hydrogen-bond donors (Lipinski definition) is 2. The number of imide groups is 1. The molecule has 3 aromatic carbocycles. The molecule has 0 radical (unpaired) electrons. The minimum absolute atomic E-state index is 0.0755. The van der Waals surface area contributed by atoms with E-state index < -0.39 is 22.1 Å². The highest BCUT2D eigenvalue weighted by Gasteiger charge is 2.32. The Balaban J connectivity index is 1.88. The number of urea groups is 2. The van der Waals surface area contributed by atoms with E-state index in [4.69, 9.17) is 4.74 Å². The summed E-state index contributed by atoms with van der Waals surface area (Å²) in [6.07, 6.45) is 0. The summed E-state index contributed by atoms with van der Waals surface area (Å²) in [5.74, 6) is 0.615. The van der Waals surface area contributed by atoms with E-state index in [0.29, 0.717) is 21.3 Å². The van der Waals surface area contributed by atoms with Gasteiger partial charge in [0, 0.05) is 5.69 Å². The van der Waals surface area contributed by atoms with Crippen molar-refractivity contribution in [2.45, 2.75) is 18.7 Å². The van der Waals surface area contributed by atoms with Gasteiger partial charge in [-0.1, -0.05) is 35.9 Å². The van der Waals surface area contributed by atoms with Gasteiger partial charge in [-0.3, -0.25) is 5.32 Å². The molecule has 0 bridgehead atoms. The van der Waals surface area contributed by atoms with E-state index in [2.05, 4.69) is 10.6 Å². The van der Waals surface area contributed by atoms with Gasteiger partial charge >= 0.3 is 12.1 Å². The van der Waals surface area contributed by atoms with Crippen LogP contribution in [-0.4, -0.2) is 27.6 Å². The lowest BCUT2D eigenvalue weighted by Crippen LogP contribution is -2.47. The normalized spacial score (nSPS) is 10.8. The smallest absolute Gasteiger partial charge is 0.344 e. The average molecular weight is 454 g/mol. The molecule has 32 heavy (non-hydrogen) atoms. The second kappa shape index (κ2) is 9.52. The van der Waals surface area contributed by atoms with Gasteiger partial charge in [0.05, 0.1) is 17.7 Å². The van der Waals surface area contributed by atoms with E-state index in [1.807, 2.05) is 6.92 Å². The van der Waals surface area contributed by atoms with Crippen molar-refractivity contribution in [2.24, 2.45) is 0 Å². The number of sulfonamides is 1. The van der Waals surface area contributed by atoms with Crippen LogP contribution in [0.4, 0.5) is 21.0 Å². The highest BCUT2D eigenvalue weighted by molar-refractivity contribution is 7.93. The highest BCUT2D eigenvalue weighted by Crippen LogP contribution is 2.24. The Morgan fingerprint density at radius 2 is 1.56 bits per heavy atom. The minimum atomic E-state index is -4.28. The van der Waals surface area contributed by atoms with Crippen molar-refractivity contribution in [3.8, 4) is 5.75 Å². The van der Waals surface area contributed by atoms with E-state index in [9.17, 15) is 18.0 Å². The van der Waals surface area contributed by atoms with Crippen LogP contribution < -0.4 is 19.7 Å². The summed E-state index contributed by atoms with van der Waals surface area (Å²) in [5.41, 5.74) is 2.12.